The molecule has 1 saturated heterocycles. The van der Waals surface area contributed by atoms with E-state index in [1.54, 1.807) is 0 Å². The average molecular weight is 196 g/mol. The highest BCUT2D eigenvalue weighted by Gasteiger charge is 2.40. The Hall–Kier alpha value is -0.570. The van der Waals surface area contributed by atoms with E-state index in [1.165, 1.54) is 6.42 Å². The summed E-state index contributed by atoms with van der Waals surface area (Å²) in [6.07, 6.45) is 4.49. The minimum absolute atomic E-state index is 0.201. The maximum atomic E-state index is 11.9. The Morgan fingerprint density at radius 3 is 2.71 bits per heavy atom. The molecule has 1 amide bonds. The molecule has 1 aliphatic heterocycles. The molecule has 14 heavy (non-hydrogen) atoms. The van der Waals surface area contributed by atoms with Gasteiger partial charge in [0.05, 0.1) is 5.54 Å². The van der Waals surface area contributed by atoms with Crippen molar-refractivity contribution in [3.8, 4) is 0 Å². The van der Waals surface area contributed by atoms with E-state index in [-0.39, 0.29) is 11.4 Å². The van der Waals surface area contributed by atoms with Gasteiger partial charge in [0.2, 0.25) is 5.91 Å². The number of rotatable bonds is 2. The van der Waals surface area contributed by atoms with Crippen molar-refractivity contribution in [1.29, 1.82) is 0 Å². The lowest BCUT2D eigenvalue weighted by Gasteiger charge is -2.33. The van der Waals surface area contributed by atoms with Crippen LogP contribution in [0.1, 0.15) is 39.5 Å². The zero-order valence-corrected chi connectivity index (χ0v) is 9.10. The molecule has 0 bridgehead atoms. The molecular weight excluding hydrogens is 176 g/mol. The summed E-state index contributed by atoms with van der Waals surface area (Å²) in [5.74, 6) is 0.887. The normalized spacial score (nSPS) is 41.9. The molecule has 1 heterocycles. The maximum absolute atomic E-state index is 11.9. The van der Waals surface area contributed by atoms with Crippen molar-refractivity contribution in [1.82, 2.24) is 10.6 Å². The van der Waals surface area contributed by atoms with Crippen LogP contribution >= 0.6 is 0 Å². The first-order chi connectivity index (χ1) is 6.62. The van der Waals surface area contributed by atoms with E-state index in [1.807, 2.05) is 6.92 Å². The first-order valence-electron chi connectivity index (χ1n) is 5.68. The molecule has 2 fully saturated rings. The Balaban J connectivity index is 1.88. The van der Waals surface area contributed by atoms with Gasteiger partial charge in [0, 0.05) is 6.04 Å². The van der Waals surface area contributed by atoms with Gasteiger partial charge in [-0.3, -0.25) is 4.79 Å². The van der Waals surface area contributed by atoms with E-state index in [4.69, 9.17) is 0 Å². The maximum Gasteiger partial charge on any atom is 0.240 e. The molecule has 3 heteroatoms. The molecule has 2 N–H and O–H groups in total. The highest BCUT2D eigenvalue weighted by atomic mass is 16.2. The van der Waals surface area contributed by atoms with E-state index in [0.717, 1.165) is 25.8 Å². The van der Waals surface area contributed by atoms with Gasteiger partial charge in [-0.25, -0.2) is 0 Å². The minimum atomic E-state index is -0.305. The Kier molecular flexibility index (Phi) is 2.52. The van der Waals surface area contributed by atoms with Crippen molar-refractivity contribution >= 4 is 5.91 Å². The summed E-state index contributed by atoms with van der Waals surface area (Å²) in [6, 6.07) is 0.447. The standard InChI is InChI=1S/C11H20N2O/c1-8-7-9(8)13-10(14)11(2)5-3-4-6-12-11/h8-9,12H,3-7H2,1-2H3,(H,13,14). The highest BCUT2D eigenvalue weighted by Crippen LogP contribution is 2.30. The molecule has 2 rings (SSSR count). The van der Waals surface area contributed by atoms with E-state index >= 15 is 0 Å². The van der Waals surface area contributed by atoms with Gasteiger partial charge in [-0.05, 0) is 45.1 Å². The van der Waals surface area contributed by atoms with Gasteiger partial charge >= 0.3 is 0 Å². The Bertz CT molecular complexity index is 233. The fraction of sp³-hybridized carbons (Fsp3) is 0.909. The number of piperidine rings is 1. The largest absolute Gasteiger partial charge is 0.351 e. The predicted molar refractivity (Wildman–Crippen MR) is 56.0 cm³/mol. The van der Waals surface area contributed by atoms with Gasteiger partial charge < -0.3 is 10.6 Å². The second-order valence-corrected chi connectivity index (χ2v) is 5.01. The average Bonchev–Trinajstić information content (AvgIpc) is 2.83. The van der Waals surface area contributed by atoms with Crippen molar-refractivity contribution in [2.24, 2.45) is 5.92 Å². The van der Waals surface area contributed by atoms with Gasteiger partial charge in [0.1, 0.15) is 0 Å². The van der Waals surface area contributed by atoms with Crippen LogP contribution in [0, 0.1) is 5.92 Å². The third-order valence-electron chi connectivity index (χ3n) is 3.55. The third-order valence-corrected chi connectivity index (χ3v) is 3.55. The summed E-state index contributed by atoms with van der Waals surface area (Å²) in [7, 11) is 0. The number of amides is 1. The summed E-state index contributed by atoms with van der Waals surface area (Å²) in [5, 5.41) is 6.44. The van der Waals surface area contributed by atoms with Crippen molar-refractivity contribution < 1.29 is 4.79 Å². The van der Waals surface area contributed by atoms with Gasteiger partial charge in [-0.15, -0.1) is 0 Å². The molecule has 1 aliphatic carbocycles. The summed E-state index contributed by atoms with van der Waals surface area (Å²) < 4.78 is 0. The van der Waals surface area contributed by atoms with Gasteiger partial charge in [0.15, 0.2) is 0 Å². The molecule has 3 nitrogen and oxygen atoms in total. The molecule has 3 atom stereocenters. The molecule has 0 aromatic heterocycles. The van der Waals surface area contributed by atoms with Gasteiger partial charge in [-0.1, -0.05) is 6.92 Å². The quantitative estimate of drug-likeness (QED) is 0.693. The van der Waals surface area contributed by atoms with Crippen LogP contribution < -0.4 is 10.6 Å². The van der Waals surface area contributed by atoms with Crippen LogP contribution in [0.3, 0.4) is 0 Å². The van der Waals surface area contributed by atoms with Crippen LogP contribution in [-0.4, -0.2) is 24.0 Å². The van der Waals surface area contributed by atoms with Crippen molar-refractivity contribution in [3.05, 3.63) is 0 Å². The lowest BCUT2D eigenvalue weighted by molar-refractivity contribution is -0.128. The Labute approximate surface area is 85.6 Å². The van der Waals surface area contributed by atoms with Crippen LogP contribution in [0.2, 0.25) is 0 Å². The van der Waals surface area contributed by atoms with E-state index in [9.17, 15) is 4.79 Å². The Morgan fingerprint density at radius 1 is 1.50 bits per heavy atom. The second-order valence-electron chi connectivity index (χ2n) is 5.01. The summed E-state index contributed by atoms with van der Waals surface area (Å²) in [4.78, 5) is 11.9. The van der Waals surface area contributed by atoms with Crippen molar-refractivity contribution in [2.75, 3.05) is 6.54 Å². The monoisotopic (exact) mass is 196 g/mol. The number of hydrogen-bond donors (Lipinski definition) is 2. The van der Waals surface area contributed by atoms with Crippen molar-refractivity contribution in [3.63, 3.8) is 0 Å². The smallest absolute Gasteiger partial charge is 0.240 e. The summed E-state index contributed by atoms with van der Waals surface area (Å²) >= 11 is 0. The SMILES string of the molecule is CC1CC1NC(=O)C1(C)CCCCN1. The number of hydrogen-bond acceptors (Lipinski definition) is 2. The Morgan fingerprint density at radius 2 is 2.21 bits per heavy atom. The first kappa shape index (κ1) is 9.97. The number of carbonyl (C=O) groups excluding carboxylic acids is 1. The summed E-state index contributed by atoms with van der Waals surface area (Å²) in [5.41, 5.74) is -0.305. The zero-order valence-electron chi connectivity index (χ0n) is 9.10. The molecule has 0 radical (unpaired) electrons. The number of nitrogens with one attached hydrogen (secondary N) is 2. The molecule has 2 aliphatic rings. The van der Waals surface area contributed by atoms with Gasteiger partial charge in [-0.2, -0.15) is 0 Å². The molecule has 0 aromatic rings. The number of carbonyl (C=O) groups is 1. The van der Waals surface area contributed by atoms with Crippen molar-refractivity contribution in [2.45, 2.75) is 51.1 Å². The fourth-order valence-corrected chi connectivity index (χ4v) is 2.10. The van der Waals surface area contributed by atoms with E-state index in [0.29, 0.717) is 12.0 Å². The van der Waals surface area contributed by atoms with E-state index in [2.05, 4.69) is 17.6 Å². The molecule has 3 unspecified atom stereocenters. The van der Waals surface area contributed by atoms with Crippen LogP contribution in [0.15, 0.2) is 0 Å². The molecule has 80 valence electrons. The summed E-state index contributed by atoms with van der Waals surface area (Å²) in [6.45, 7) is 5.18. The lowest BCUT2D eigenvalue weighted by atomic mass is 9.90. The van der Waals surface area contributed by atoms with Crippen LogP contribution in [0.25, 0.3) is 0 Å². The van der Waals surface area contributed by atoms with E-state index < -0.39 is 0 Å². The molecule has 0 aromatic carbocycles. The third kappa shape index (κ3) is 1.92. The topological polar surface area (TPSA) is 41.1 Å². The first-order valence-corrected chi connectivity index (χ1v) is 5.68. The van der Waals surface area contributed by atoms with Crippen LogP contribution in [-0.2, 0) is 4.79 Å². The second kappa shape index (κ2) is 3.54. The minimum Gasteiger partial charge on any atom is -0.351 e. The predicted octanol–water partition coefficient (Wildman–Crippen LogP) is 1.04. The molecule has 0 spiro atoms. The fourth-order valence-electron chi connectivity index (χ4n) is 2.10. The van der Waals surface area contributed by atoms with Gasteiger partial charge in [0.25, 0.3) is 0 Å². The molecular formula is C11H20N2O. The lowest BCUT2D eigenvalue weighted by Crippen LogP contribution is -2.57. The van der Waals surface area contributed by atoms with Crippen LogP contribution in [0.4, 0.5) is 0 Å². The molecule has 1 saturated carbocycles. The highest BCUT2D eigenvalue weighted by molar-refractivity contribution is 5.86. The van der Waals surface area contributed by atoms with Crippen LogP contribution in [0.5, 0.6) is 0 Å². The zero-order chi connectivity index (χ0) is 10.2.